The maximum absolute atomic E-state index is 12.0. The summed E-state index contributed by atoms with van der Waals surface area (Å²) in [4.78, 5) is 22.5. The van der Waals surface area contributed by atoms with E-state index in [9.17, 15) is 14.9 Å². The van der Waals surface area contributed by atoms with E-state index in [0.717, 1.165) is 0 Å². The monoisotopic (exact) mass is 357 g/mol. The Labute approximate surface area is 150 Å². The van der Waals surface area contributed by atoms with Gasteiger partial charge < -0.3 is 20.1 Å². The summed E-state index contributed by atoms with van der Waals surface area (Å²) in [5.74, 6) is 1.11. The number of fused-ring (bicyclic) bond motifs is 1. The van der Waals surface area contributed by atoms with Gasteiger partial charge in [-0.05, 0) is 25.1 Å². The number of benzene rings is 2. The fourth-order valence-electron chi connectivity index (χ4n) is 2.64. The second kappa shape index (κ2) is 7.73. The molecular weight excluding hydrogens is 338 g/mol. The second-order valence-corrected chi connectivity index (χ2v) is 5.86. The minimum Gasteiger partial charge on any atom is -0.486 e. The SMILES string of the molecule is Cc1c(NCC(=O)NCC2COc3ccccc3O2)cccc1[N+](=O)[O-]. The summed E-state index contributed by atoms with van der Waals surface area (Å²) in [6, 6.07) is 12.1. The van der Waals surface area contributed by atoms with Gasteiger partial charge in [-0.15, -0.1) is 0 Å². The lowest BCUT2D eigenvalue weighted by atomic mass is 10.1. The highest BCUT2D eigenvalue weighted by atomic mass is 16.6. The fourth-order valence-corrected chi connectivity index (χ4v) is 2.64. The van der Waals surface area contributed by atoms with Crippen LogP contribution in [-0.2, 0) is 4.79 Å². The number of anilines is 1. The molecule has 8 heteroatoms. The van der Waals surface area contributed by atoms with Gasteiger partial charge in [0.2, 0.25) is 5.91 Å². The average Bonchev–Trinajstić information content (AvgIpc) is 2.65. The van der Waals surface area contributed by atoms with Crippen LogP contribution in [0.2, 0.25) is 0 Å². The van der Waals surface area contributed by atoms with E-state index in [0.29, 0.717) is 35.9 Å². The number of carbonyl (C=O) groups excluding carboxylic acids is 1. The number of ether oxygens (including phenoxy) is 2. The summed E-state index contributed by atoms with van der Waals surface area (Å²) < 4.78 is 11.4. The van der Waals surface area contributed by atoms with Gasteiger partial charge in [-0.25, -0.2) is 0 Å². The summed E-state index contributed by atoms with van der Waals surface area (Å²) in [6.07, 6.45) is -0.270. The highest BCUT2D eigenvalue weighted by molar-refractivity contribution is 5.81. The first-order valence-corrected chi connectivity index (χ1v) is 8.17. The van der Waals surface area contributed by atoms with Crippen molar-refractivity contribution in [2.24, 2.45) is 0 Å². The lowest BCUT2D eigenvalue weighted by Gasteiger charge is -2.26. The Morgan fingerprint density at radius 3 is 2.77 bits per heavy atom. The molecule has 2 aromatic carbocycles. The smallest absolute Gasteiger partial charge is 0.274 e. The van der Waals surface area contributed by atoms with Crippen molar-refractivity contribution in [3.8, 4) is 11.5 Å². The zero-order chi connectivity index (χ0) is 18.5. The van der Waals surface area contributed by atoms with Crippen LogP contribution in [-0.4, -0.2) is 36.6 Å². The third-order valence-corrected chi connectivity index (χ3v) is 4.04. The van der Waals surface area contributed by atoms with E-state index in [1.807, 2.05) is 24.3 Å². The van der Waals surface area contributed by atoms with Crippen molar-refractivity contribution < 1.29 is 19.2 Å². The van der Waals surface area contributed by atoms with Crippen molar-refractivity contribution in [1.82, 2.24) is 5.32 Å². The van der Waals surface area contributed by atoms with E-state index >= 15 is 0 Å². The molecule has 1 heterocycles. The first-order chi connectivity index (χ1) is 12.5. The zero-order valence-corrected chi connectivity index (χ0v) is 14.2. The van der Waals surface area contributed by atoms with E-state index in [1.165, 1.54) is 6.07 Å². The average molecular weight is 357 g/mol. The third-order valence-electron chi connectivity index (χ3n) is 4.04. The van der Waals surface area contributed by atoms with Gasteiger partial charge >= 0.3 is 0 Å². The van der Waals surface area contributed by atoms with Crippen molar-refractivity contribution in [2.75, 3.05) is 25.0 Å². The van der Waals surface area contributed by atoms with Crippen LogP contribution in [0, 0.1) is 17.0 Å². The van der Waals surface area contributed by atoms with Crippen molar-refractivity contribution >= 4 is 17.3 Å². The maximum atomic E-state index is 12.0. The molecule has 0 fully saturated rings. The van der Waals surface area contributed by atoms with Crippen molar-refractivity contribution in [3.05, 3.63) is 58.1 Å². The molecule has 1 aliphatic heterocycles. The van der Waals surface area contributed by atoms with Crippen LogP contribution in [0.5, 0.6) is 11.5 Å². The Hall–Kier alpha value is -3.29. The molecule has 1 aliphatic rings. The second-order valence-electron chi connectivity index (χ2n) is 5.86. The first kappa shape index (κ1) is 17.5. The van der Waals surface area contributed by atoms with Gasteiger partial charge in [-0.1, -0.05) is 18.2 Å². The molecule has 136 valence electrons. The van der Waals surface area contributed by atoms with Gasteiger partial charge in [-0.2, -0.15) is 0 Å². The molecular formula is C18H19N3O5. The normalized spacial score (nSPS) is 15.2. The van der Waals surface area contributed by atoms with Gasteiger partial charge in [0.25, 0.3) is 5.69 Å². The molecule has 2 aromatic rings. The van der Waals surface area contributed by atoms with Crippen molar-refractivity contribution in [1.29, 1.82) is 0 Å². The number of rotatable bonds is 6. The Morgan fingerprint density at radius 1 is 1.23 bits per heavy atom. The molecule has 0 saturated heterocycles. The number of para-hydroxylation sites is 2. The molecule has 1 atom stereocenters. The van der Waals surface area contributed by atoms with E-state index < -0.39 is 4.92 Å². The summed E-state index contributed by atoms with van der Waals surface area (Å²) in [7, 11) is 0. The first-order valence-electron chi connectivity index (χ1n) is 8.17. The fraction of sp³-hybridized carbons (Fsp3) is 0.278. The number of nitrogens with zero attached hydrogens (tertiary/aromatic N) is 1. The van der Waals surface area contributed by atoms with Crippen LogP contribution < -0.4 is 20.1 Å². The Bertz CT molecular complexity index is 824. The number of nitrogens with one attached hydrogen (secondary N) is 2. The highest BCUT2D eigenvalue weighted by Gasteiger charge is 2.21. The van der Waals surface area contributed by atoms with E-state index in [-0.39, 0.29) is 24.2 Å². The van der Waals surface area contributed by atoms with E-state index in [4.69, 9.17) is 9.47 Å². The van der Waals surface area contributed by atoms with Crippen LogP contribution in [0.1, 0.15) is 5.56 Å². The van der Waals surface area contributed by atoms with E-state index in [1.54, 1.807) is 19.1 Å². The number of nitro groups is 1. The van der Waals surface area contributed by atoms with Crippen LogP contribution in [0.3, 0.4) is 0 Å². The molecule has 1 unspecified atom stereocenters. The highest BCUT2D eigenvalue weighted by Crippen LogP contribution is 2.30. The molecule has 2 N–H and O–H groups in total. The summed E-state index contributed by atoms with van der Waals surface area (Å²) >= 11 is 0. The molecule has 0 aromatic heterocycles. The van der Waals surface area contributed by atoms with Crippen LogP contribution in [0.25, 0.3) is 0 Å². The van der Waals surface area contributed by atoms with Crippen LogP contribution >= 0.6 is 0 Å². The molecule has 8 nitrogen and oxygen atoms in total. The predicted molar refractivity (Wildman–Crippen MR) is 95.7 cm³/mol. The molecule has 0 saturated carbocycles. The number of nitro benzene ring substituents is 1. The maximum Gasteiger partial charge on any atom is 0.274 e. The third kappa shape index (κ3) is 4.02. The summed E-state index contributed by atoms with van der Waals surface area (Å²) in [5, 5.41) is 16.6. The van der Waals surface area contributed by atoms with Crippen molar-refractivity contribution in [2.45, 2.75) is 13.0 Å². The lowest BCUT2D eigenvalue weighted by molar-refractivity contribution is -0.385. The lowest BCUT2D eigenvalue weighted by Crippen LogP contribution is -2.42. The predicted octanol–water partition coefficient (Wildman–Crippen LogP) is 2.27. The Balaban J connectivity index is 1.48. The molecule has 0 aliphatic carbocycles. The van der Waals surface area contributed by atoms with Crippen LogP contribution in [0.15, 0.2) is 42.5 Å². The minimum atomic E-state index is -0.446. The molecule has 3 rings (SSSR count). The van der Waals surface area contributed by atoms with Gasteiger partial charge in [0, 0.05) is 17.3 Å². The van der Waals surface area contributed by atoms with E-state index in [2.05, 4.69) is 10.6 Å². The van der Waals surface area contributed by atoms with Gasteiger partial charge in [0.05, 0.1) is 18.0 Å². The molecule has 1 amide bonds. The van der Waals surface area contributed by atoms with Crippen LogP contribution in [0.4, 0.5) is 11.4 Å². The van der Waals surface area contributed by atoms with Gasteiger partial charge in [0.15, 0.2) is 11.5 Å². The minimum absolute atomic E-state index is 0.00612. The number of hydrogen-bond acceptors (Lipinski definition) is 6. The Morgan fingerprint density at radius 2 is 2.00 bits per heavy atom. The Kier molecular flexibility index (Phi) is 5.21. The number of hydrogen-bond donors (Lipinski definition) is 2. The molecule has 0 spiro atoms. The quantitative estimate of drug-likeness (QED) is 0.607. The standard InChI is InChI=1S/C18H19N3O5/c1-12-14(5-4-6-15(12)21(23)24)19-10-18(22)20-9-13-11-25-16-7-2-3-8-17(16)26-13/h2-8,13,19H,9-11H2,1H3,(H,20,22). The van der Waals surface area contributed by atoms with Crippen molar-refractivity contribution in [3.63, 3.8) is 0 Å². The summed E-state index contributed by atoms with van der Waals surface area (Å²) in [6.45, 7) is 2.31. The molecule has 0 bridgehead atoms. The summed E-state index contributed by atoms with van der Waals surface area (Å²) in [5.41, 5.74) is 1.06. The van der Waals surface area contributed by atoms with Gasteiger partial charge in [0.1, 0.15) is 12.7 Å². The number of amides is 1. The molecule has 0 radical (unpaired) electrons. The zero-order valence-electron chi connectivity index (χ0n) is 14.2. The van der Waals surface area contributed by atoms with Gasteiger partial charge in [-0.3, -0.25) is 14.9 Å². The largest absolute Gasteiger partial charge is 0.486 e. The topological polar surface area (TPSA) is 103 Å². The number of carbonyl (C=O) groups is 1. The molecule has 26 heavy (non-hydrogen) atoms.